The summed E-state index contributed by atoms with van der Waals surface area (Å²) in [6, 6.07) is 8.66. The van der Waals surface area contributed by atoms with E-state index >= 15 is 30.7 Å². The van der Waals surface area contributed by atoms with Crippen LogP contribution in [0.3, 0.4) is 0 Å². The number of ether oxygens (including phenoxy) is 2. The monoisotopic (exact) mass is 1340 g/mol. The summed E-state index contributed by atoms with van der Waals surface area (Å²) in [7, 11) is 2.94. The molecular formula is C64H52F16N6O8. The Labute approximate surface area is 521 Å². The van der Waals surface area contributed by atoms with E-state index in [0.717, 1.165) is 62.9 Å². The molecule has 0 radical (unpaired) electrons. The Balaban J connectivity index is 1.18. The Morgan fingerprint density at radius 1 is 0.500 bits per heavy atom. The minimum atomic E-state index is -5.52. The summed E-state index contributed by atoms with van der Waals surface area (Å²) in [5, 5.41) is 7.73. The smallest absolute Gasteiger partial charge is 0.417 e. The predicted octanol–water partition coefficient (Wildman–Crippen LogP) is 13.6. The molecule has 14 nitrogen and oxygen atoms in total. The SMILES string of the molecule is CC[C@@H](Nc1cc(F)c(C(=O)N[C@@H](Cc2ccc(-c3c(C(F)(F)F)cc(OC(=O)[C@H](Cc4ccc(-c5c(C(F)(F)F)cc(C)n(C)c5=O)c5ccccc45)NC(=O)c4c(F)cc(N[C@H](CC)C(F)(F)F)cc4F)n(C)c3=O)c3ccccc23)C(=O)OC)c(F)c1)C(F)(F)F. The number of carbonyl (C=O) groups excluding carboxylic acids is 4. The van der Waals surface area contributed by atoms with Crippen molar-refractivity contribution in [3.05, 3.63) is 192 Å². The number of amides is 2. The van der Waals surface area contributed by atoms with Gasteiger partial charge in [-0.05, 0) is 93.9 Å². The van der Waals surface area contributed by atoms with E-state index in [1.807, 2.05) is 16.0 Å². The Bertz CT molecular complexity index is 4380. The van der Waals surface area contributed by atoms with Crippen molar-refractivity contribution in [3.8, 4) is 28.1 Å². The number of esters is 2. The number of nitrogens with one attached hydrogen (secondary N) is 4. The van der Waals surface area contributed by atoms with E-state index in [-0.39, 0.29) is 50.0 Å². The minimum absolute atomic E-state index is 0.00303. The van der Waals surface area contributed by atoms with Crippen molar-refractivity contribution in [2.24, 2.45) is 14.1 Å². The van der Waals surface area contributed by atoms with E-state index in [2.05, 4.69) is 5.32 Å². The Hall–Kier alpha value is -9.90. The zero-order chi connectivity index (χ0) is 69.4. The molecule has 4 N–H and O–H groups in total. The number of hydrogen-bond donors (Lipinski definition) is 4. The van der Waals surface area contributed by atoms with E-state index in [9.17, 15) is 68.3 Å². The van der Waals surface area contributed by atoms with Crippen LogP contribution in [0.4, 0.5) is 81.6 Å². The molecule has 498 valence electrons. The maximum absolute atomic E-state index is 15.8. The van der Waals surface area contributed by atoms with Gasteiger partial charge >= 0.3 is 36.6 Å². The lowest BCUT2D eigenvalue weighted by Gasteiger charge is -2.23. The quantitative estimate of drug-likeness (QED) is 0.0450. The van der Waals surface area contributed by atoms with Crippen LogP contribution < -0.4 is 37.1 Å². The first-order valence-electron chi connectivity index (χ1n) is 28.1. The van der Waals surface area contributed by atoms with Gasteiger partial charge in [-0.15, -0.1) is 0 Å². The third kappa shape index (κ3) is 14.6. The molecule has 4 atom stereocenters. The fraction of sp³-hybridized carbons (Fsp3) is 0.281. The lowest BCUT2D eigenvalue weighted by molar-refractivity contribution is -0.143. The Morgan fingerprint density at radius 2 is 0.862 bits per heavy atom. The number of methoxy groups -OCH3 is 1. The fourth-order valence-electron chi connectivity index (χ4n) is 10.7. The number of pyridine rings is 2. The van der Waals surface area contributed by atoms with Gasteiger partial charge in [-0.1, -0.05) is 86.6 Å². The van der Waals surface area contributed by atoms with Gasteiger partial charge in [0.25, 0.3) is 22.9 Å². The van der Waals surface area contributed by atoms with Crippen LogP contribution in [0.25, 0.3) is 43.8 Å². The highest BCUT2D eigenvalue weighted by Gasteiger charge is 2.42. The summed E-state index contributed by atoms with van der Waals surface area (Å²) in [5.41, 5.74) is -12.8. The average molecular weight is 1340 g/mol. The van der Waals surface area contributed by atoms with Crippen LogP contribution in [-0.4, -0.2) is 76.5 Å². The van der Waals surface area contributed by atoms with Crippen molar-refractivity contribution >= 4 is 56.7 Å². The van der Waals surface area contributed by atoms with Crippen LogP contribution in [0.1, 0.15) is 75.4 Å². The second-order valence-corrected chi connectivity index (χ2v) is 21.5. The summed E-state index contributed by atoms with van der Waals surface area (Å²) >= 11 is 0. The molecule has 2 heterocycles. The van der Waals surface area contributed by atoms with E-state index in [1.165, 1.54) is 62.5 Å². The molecule has 0 spiro atoms. The highest BCUT2D eigenvalue weighted by molar-refractivity contribution is 6.03. The first kappa shape index (κ1) is 70.0. The number of hydrogen-bond acceptors (Lipinski definition) is 10. The third-order valence-corrected chi connectivity index (χ3v) is 15.5. The summed E-state index contributed by atoms with van der Waals surface area (Å²) in [6.07, 6.45) is -23.1. The summed E-state index contributed by atoms with van der Waals surface area (Å²) in [6.45, 7) is 3.52. The second-order valence-electron chi connectivity index (χ2n) is 21.5. The van der Waals surface area contributed by atoms with Gasteiger partial charge in [0.15, 0.2) is 0 Å². The number of aryl methyl sites for hydroxylation is 1. The molecule has 94 heavy (non-hydrogen) atoms. The molecular weight excluding hydrogens is 1280 g/mol. The zero-order valence-electron chi connectivity index (χ0n) is 49.7. The molecule has 0 bridgehead atoms. The molecule has 0 aliphatic heterocycles. The van der Waals surface area contributed by atoms with Gasteiger partial charge in [0.05, 0.1) is 29.4 Å². The standard InChI is InChI=1S/C64H52F16N6O8/c1-7-48(63(75,76)77)81-32-24-42(65)53(43(66)25-32)55(87)83-46(59(91)93-6)22-30-17-20-39(37-16-12-9-13-34(30)37)52-41(62(72,73)74)28-50(86(5)58(52)90)94-60(92)47(84-56(88)54-44(67)26-33(27-45(54)68)82-49(8-2)64(78,79)80)23-31-18-19-38(36-15-11-10-14-35(31)36)51-40(61(69,70)71)21-29(3)85(4)57(51)89/h9-21,24-28,46-49,81-82H,7-8,22-23H2,1-6H3,(H,83,87)(H,84,88)/t46-,47-,48+,49+/m0/s1. The number of anilines is 2. The number of alkyl halides is 12. The number of rotatable bonds is 19. The molecule has 8 rings (SSSR count). The number of nitrogens with zero attached hydrogens (tertiary/aromatic N) is 2. The van der Waals surface area contributed by atoms with Gasteiger partial charge in [0.2, 0.25) is 5.88 Å². The van der Waals surface area contributed by atoms with Crippen molar-refractivity contribution in [1.29, 1.82) is 0 Å². The van der Waals surface area contributed by atoms with Crippen molar-refractivity contribution in [1.82, 2.24) is 19.8 Å². The summed E-state index contributed by atoms with van der Waals surface area (Å²) < 4.78 is 246. The van der Waals surface area contributed by atoms with Crippen LogP contribution in [0, 0.1) is 30.2 Å². The Kier molecular flexibility index (Phi) is 20.1. The predicted molar refractivity (Wildman–Crippen MR) is 312 cm³/mol. The number of benzene rings is 6. The van der Waals surface area contributed by atoms with Gasteiger partial charge in [0.1, 0.15) is 58.6 Å². The lowest BCUT2D eigenvalue weighted by Crippen LogP contribution is -2.45. The van der Waals surface area contributed by atoms with E-state index < -0.39 is 189 Å². The van der Waals surface area contributed by atoms with Crippen molar-refractivity contribution in [2.75, 3.05) is 17.7 Å². The van der Waals surface area contributed by atoms with Crippen LogP contribution in [0.5, 0.6) is 5.88 Å². The highest BCUT2D eigenvalue weighted by atomic mass is 19.4. The molecule has 0 aliphatic carbocycles. The molecule has 2 amide bonds. The zero-order valence-corrected chi connectivity index (χ0v) is 49.7. The van der Waals surface area contributed by atoms with E-state index in [4.69, 9.17) is 9.47 Å². The number of carbonyl (C=O) groups is 4. The Morgan fingerprint density at radius 3 is 1.22 bits per heavy atom. The van der Waals surface area contributed by atoms with Gasteiger partial charge in [-0.2, -0.15) is 52.7 Å². The molecule has 0 unspecified atom stereocenters. The van der Waals surface area contributed by atoms with Crippen LogP contribution in [0.2, 0.25) is 0 Å². The van der Waals surface area contributed by atoms with Crippen molar-refractivity contribution in [3.63, 3.8) is 0 Å². The van der Waals surface area contributed by atoms with Crippen LogP contribution >= 0.6 is 0 Å². The molecule has 0 saturated heterocycles. The first-order valence-corrected chi connectivity index (χ1v) is 28.1. The van der Waals surface area contributed by atoms with Crippen LogP contribution in [0.15, 0.2) is 119 Å². The summed E-state index contributed by atoms with van der Waals surface area (Å²) in [5.74, 6) is -14.4. The number of aromatic nitrogens is 2. The summed E-state index contributed by atoms with van der Waals surface area (Å²) in [4.78, 5) is 83.5. The number of fused-ring (bicyclic) bond motifs is 2. The molecule has 8 aromatic rings. The van der Waals surface area contributed by atoms with Crippen molar-refractivity contribution < 1.29 is 98.9 Å². The molecule has 0 fully saturated rings. The van der Waals surface area contributed by atoms with E-state index in [1.54, 1.807) is 0 Å². The molecule has 2 aromatic heterocycles. The second kappa shape index (κ2) is 27.0. The maximum Gasteiger partial charge on any atom is 0.417 e. The van der Waals surface area contributed by atoms with Gasteiger partial charge in [0, 0.05) is 50.1 Å². The topological polar surface area (TPSA) is 179 Å². The van der Waals surface area contributed by atoms with Gasteiger partial charge in [-0.3, -0.25) is 23.7 Å². The minimum Gasteiger partial charge on any atom is -0.467 e. The normalized spacial score (nSPS) is 13.5. The molecule has 0 aliphatic rings. The van der Waals surface area contributed by atoms with E-state index in [0.29, 0.717) is 28.8 Å². The molecule has 0 saturated carbocycles. The third-order valence-electron chi connectivity index (χ3n) is 15.5. The van der Waals surface area contributed by atoms with Crippen molar-refractivity contribution in [2.45, 2.75) is 95.3 Å². The first-order chi connectivity index (χ1) is 43.9. The highest BCUT2D eigenvalue weighted by Crippen LogP contribution is 2.42. The van der Waals surface area contributed by atoms with Gasteiger partial charge in [-0.25, -0.2) is 27.2 Å². The lowest BCUT2D eigenvalue weighted by atomic mass is 9.90. The maximum atomic E-state index is 15.8. The van der Waals surface area contributed by atoms with Gasteiger partial charge < -0.3 is 35.3 Å². The largest absolute Gasteiger partial charge is 0.467 e. The fourth-order valence-corrected chi connectivity index (χ4v) is 10.7. The number of halogens is 16. The molecule has 30 heteroatoms. The average Bonchev–Trinajstić information content (AvgIpc) is 0.753. The molecule has 6 aromatic carbocycles. The van der Waals surface area contributed by atoms with Crippen LogP contribution in [-0.2, 0) is 53.6 Å².